The van der Waals surface area contributed by atoms with Crippen molar-refractivity contribution >= 4 is 31.2 Å². The van der Waals surface area contributed by atoms with Crippen LogP contribution >= 0.6 is 25.3 Å². The van der Waals surface area contributed by atoms with Gasteiger partial charge in [-0.15, -0.1) is 25.3 Å². The standard InChI is InChI=1S/C2H4O3S2.C2H6O2/c3-1(4)2(5,6)7;3-1-2-4/h5-7H,(H,3,4);3-4H,1-2H2. The summed E-state index contributed by atoms with van der Waals surface area (Å²) in [7, 11) is 0. The van der Waals surface area contributed by atoms with Crippen LogP contribution in [-0.2, 0) is 4.79 Å². The van der Waals surface area contributed by atoms with E-state index in [4.69, 9.17) is 20.4 Å². The minimum Gasteiger partial charge on any atom is -0.478 e. The Kier molecular flexibility index (Phi) is 8.35. The van der Waals surface area contributed by atoms with Crippen LogP contribution in [0.5, 0.6) is 0 Å². The Bertz CT molecular complexity index is 108. The molecule has 0 rings (SSSR count). The first-order chi connectivity index (χ1) is 4.86. The summed E-state index contributed by atoms with van der Waals surface area (Å²) < 4.78 is -2.19. The molecule has 0 aromatic heterocycles. The minimum absolute atomic E-state index is 0.125. The van der Waals surface area contributed by atoms with E-state index >= 15 is 0 Å². The van der Waals surface area contributed by atoms with Gasteiger partial charge in [0.1, 0.15) is 0 Å². The summed E-state index contributed by atoms with van der Waals surface area (Å²) in [5.74, 6) is -1.47. The van der Waals surface area contributed by atoms with Crippen molar-refractivity contribution in [2.45, 2.75) is 4.27 Å². The highest BCUT2D eigenvalue weighted by Crippen LogP contribution is 2.13. The number of hydrogen-bond donors (Lipinski definition) is 6. The van der Waals surface area contributed by atoms with Gasteiger partial charge in [0.05, 0.1) is 13.2 Å². The molecule has 0 radical (unpaired) electrons. The Hall–Kier alpha value is 0.0500. The van der Waals surface area contributed by atoms with E-state index in [1.165, 1.54) is 0 Å². The Morgan fingerprint density at radius 1 is 1.27 bits per heavy atom. The van der Waals surface area contributed by atoms with E-state index in [1.807, 2.05) is 0 Å². The molecule has 7 heteroatoms. The van der Waals surface area contributed by atoms with Crippen molar-refractivity contribution < 1.29 is 25.2 Å². The molecule has 0 bridgehead atoms. The molecule has 4 N–H and O–H groups in total. The molecule has 0 heterocycles. The number of carbonyl (C=O) groups is 1. The molecule has 0 amide bonds. The molecule has 0 atom stereocenters. The molecular formula is C4H10O5S2. The van der Waals surface area contributed by atoms with Gasteiger partial charge in [-0.25, -0.2) is 4.79 Å². The number of aliphatic hydroxyl groups is 3. The van der Waals surface area contributed by atoms with Crippen molar-refractivity contribution in [3.63, 3.8) is 0 Å². The Labute approximate surface area is 74.5 Å². The molecule has 0 aliphatic rings. The predicted octanol–water partition coefficient (Wildman–Crippen LogP) is -1.45. The summed E-state index contributed by atoms with van der Waals surface area (Å²) in [5.41, 5.74) is 0. The molecule has 11 heavy (non-hydrogen) atoms. The van der Waals surface area contributed by atoms with Gasteiger partial charge in [-0.1, -0.05) is 0 Å². The molecule has 0 aromatic carbocycles. The highest BCUT2D eigenvalue weighted by Gasteiger charge is 2.24. The third-order valence-corrected chi connectivity index (χ3v) is 0.770. The number of aliphatic hydroxyl groups excluding tert-OH is 2. The summed E-state index contributed by atoms with van der Waals surface area (Å²) in [4.78, 5) is 9.62. The summed E-state index contributed by atoms with van der Waals surface area (Å²) in [5, 5.41) is 31.3. The lowest BCUT2D eigenvalue weighted by Crippen LogP contribution is -2.24. The number of carboxylic acid groups (broad SMARTS) is 1. The summed E-state index contributed by atoms with van der Waals surface area (Å²) in [6.07, 6.45) is 0. The van der Waals surface area contributed by atoms with Crippen molar-refractivity contribution in [1.29, 1.82) is 0 Å². The first-order valence-electron chi connectivity index (χ1n) is 2.48. The van der Waals surface area contributed by atoms with Crippen LogP contribution in [0.25, 0.3) is 0 Å². The second-order valence-corrected chi connectivity index (χ2v) is 3.03. The monoisotopic (exact) mass is 202 g/mol. The zero-order chi connectivity index (χ0) is 9.49. The van der Waals surface area contributed by atoms with Gasteiger partial charge in [0.15, 0.2) is 0 Å². The van der Waals surface area contributed by atoms with Gasteiger partial charge in [0.2, 0.25) is 0 Å². The summed E-state index contributed by atoms with van der Waals surface area (Å²) >= 11 is 6.34. The molecule has 0 spiro atoms. The molecule has 0 aromatic rings. The fourth-order valence-electron chi connectivity index (χ4n) is 0. The van der Waals surface area contributed by atoms with E-state index in [1.54, 1.807) is 0 Å². The second kappa shape index (κ2) is 6.74. The molecule has 0 fully saturated rings. The third-order valence-electron chi connectivity index (χ3n) is 0.387. The Morgan fingerprint density at radius 2 is 1.45 bits per heavy atom. The van der Waals surface area contributed by atoms with Gasteiger partial charge in [0.25, 0.3) is 4.27 Å². The van der Waals surface area contributed by atoms with Gasteiger partial charge in [0, 0.05) is 0 Å². The van der Waals surface area contributed by atoms with Crippen LogP contribution < -0.4 is 0 Å². The fourth-order valence-corrected chi connectivity index (χ4v) is 0. The summed E-state index contributed by atoms with van der Waals surface area (Å²) in [6.45, 7) is -0.250. The third kappa shape index (κ3) is 13.1. The molecule has 0 aliphatic heterocycles. The maximum Gasteiger partial charge on any atom is 0.357 e. The van der Waals surface area contributed by atoms with Crippen LogP contribution in [-0.4, -0.2) is 43.9 Å². The highest BCUT2D eigenvalue weighted by molar-refractivity contribution is 8.01. The molecule has 5 nitrogen and oxygen atoms in total. The van der Waals surface area contributed by atoms with E-state index in [9.17, 15) is 4.79 Å². The molecule has 0 unspecified atom stereocenters. The molecule has 0 saturated heterocycles. The SMILES string of the molecule is O=C(O)C(O)(S)S.OCCO. The van der Waals surface area contributed by atoms with E-state index in [2.05, 4.69) is 25.3 Å². The minimum atomic E-state index is -2.19. The van der Waals surface area contributed by atoms with E-state index in [0.717, 1.165) is 0 Å². The van der Waals surface area contributed by atoms with Crippen molar-refractivity contribution in [2.24, 2.45) is 0 Å². The fraction of sp³-hybridized carbons (Fsp3) is 0.750. The lowest BCUT2D eigenvalue weighted by atomic mass is 10.7. The van der Waals surface area contributed by atoms with Gasteiger partial charge in [-0.2, -0.15) is 0 Å². The number of hydrogen-bond acceptors (Lipinski definition) is 6. The summed E-state index contributed by atoms with van der Waals surface area (Å²) in [6, 6.07) is 0. The lowest BCUT2D eigenvalue weighted by molar-refractivity contribution is -0.143. The number of carboxylic acids is 1. The van der Waals surface area contributed by atoms with Crippen molar-refractivity contribution in [3.8, 4) is 0 Å². The van der Waals surface area contributed by atoms with Crippen molar-refractivity contribution in [3.05, 3.63) is 0 Å². The van der Waals surface area contributed by atoms with Crippen molar-refractivity contribution in [1.82, 2.24) is 0 Å². The smallest absolute Gasteiger partial charge is 0.357 e. The number of rotatable bonds is 2. The molecular weight excluding hydrogens is 192 g/mol. The topological polar surface area (TPSA) is 98.0 Å². The highest BCUT2D eigenvalue weighted by atomic mass is 32.2. The predicted molar refractivity (Wildman–Crippen MR) is 44.7 cm³/mol. The largest absolute Gasteiger partial charge is 0.478 e. The van der Waals surface area contributed by atoms with E-state index < -0.39 is 10.2 Å². The first kappa shape index (κ1) is 13.6. The van der Waals surface area contributed by atoms with Crippen molar-refractivity contribution in [2.75, 3.05) is 13.2 Å². The zero-order valence-corrected chi connectivity index (χ0v) is 7.29. The molecule has 68 valence electrons. The van der Waals surface area contributed by atoms with Gasteiger partial charge >= 0.3 is 5.97 Å². The average molecular weight is 202 g/mol. The van der Waals surface area contributed by atoms with Crippen LogP contribution in [0, 0.1) is 0 Å². The van der Waals surface area contributed by atoms with Gasteiger partial charge in [-0.3, -0.25) is 0 Å². The normalized spacial score (nSPS) is 9.91. The average Bonchev–Trinajstić information content (AvgIpc) is 1.87. The maximum absolute atomic E-state index is 9.62. The Balaban J connectivity index is 0. The number of thiol groups is 2. The maximum atomic E-state index is 9.62. The van der Waals surface area contributed by atoms with Crippen LogP contribution in [0.1, 0.15) is 0 Å². The van der Waals surface area contributed by atoms with Crippen LogP contribution in [0.3, 0.4) is 0 Å². The Morgan fingerprint density at radius 3 is 1.45 bits per heavy atom. The first-order valence-corrected chi connectivity index (χ1v) is 3.38. The van der Waals surface area contributed by atoms with Crippen LogP contribution in [0.15, 0.2) is 0 Å². The van der Waals surface area contributed by atoms with E-state index in [0.29, 0.717) is 0 Å². The van der Waals surface area contributed by atoms with Gasteiger partial charge < -0.3 is 20.4 Å². The zero-order valence-electron chi connectivity index (χ0n) is 5.51. The molecule has 0 saturated carbocycles. The van der Waals surface area contributed by atoms with E-state index in [-0.39, 0.29) is 13.2 Å². The lowest BCUT2D eigenvalue weighted by Gasteiger charge is -2.05. The second-order valence-electron chi connectivity index (χ2n) is 1.39. The molecule has 0 aliphatic carbocycles. The quantitative estimate of drug-likeness (QED) is 0.243. The van der Waals surface area contributed by atoms with Crippen LogP contribution in [0.2, 0.25) is 0 Å². The van der Waals surface area contributed by atoms with Crippen LogP contribution in [0.4, 0.5) is 0 Å². The van der Waals surface area contributed by atoms with Gasteiger partial charge in [-0.05, 0) is 0 Å². The number of aliphatic carboxylic acids is 1.